The summed E-state index contributed by atoms with van der Waals surface area (Å²) in [5.74, 6) is -0.493. The van der Waals surface area contributed by atoms with Gasteiger partial charge in [-0.05, 0) is 24.6 Å². The molecule has 1 aromatic rings. The number of carbonyl (C=O) groups excluding carboxylic acids is 1. The summed E-state index contributed by atoms with van der Waals surface area (Å²) in [5.41, 5.74) is 0.0629. The van der Waals surface area contributed by atoms with E-state index in [-0.39, 0.29) is 74.5 Å². The average molecular weight is 304 g/mol. The van der Waals surface area contributed by atoms with E-state index in [1.165, 1.54) is 18.2 Å². The zero-order valence-electron chi connectivity index (χ0n) is 9.50. The third kappa shape index (κ3) is 3.88. The quantitative estimate of drug-likeness (QED) is 0.687. The van der Waals surface area contributed by atoms with Gasteiger partial charge >= 0.3 is 58.4 Å². The maximum Gasteiger partial charge on any atom is 1.00 e. The summed E-state index contributed by atoms with van der Waals surface area (Å²) < 4.78 is 42.2. The molecule has 2 rings (SSSR count). The van der Waals surface area contributed by atoms with E-state index in [1.807, 2.05) is 0 Å². The number of carbonyl (C=O) groups is 1. The van der Waals surface area contributed by atoms with Gasteiger partial charge in [-0.15, -0.1) is 0 Å². The molecule has 0 bridgehead atoms. The van der Waals surface area contributed by atoms with Crippen LogP contribution in [-0.2, 0) is 4.79 Å². The van der Waals surface area contributed by atoms with Gasteiger partial charge in [0.1, 0.15) is 5.75 Å². The molecule has 0 unspecified atom stereocenters. The number of benzene rings is 1. The average Bonchev–Trinajstić information content (AvgIpc) is 2.21. The molecule has 0 aliphatic carbocycles. The summed E-state index contributed by atoms with van der Waals surface area (Å²) in [6.07, 6.45) is -1.28. The second kappa shape index (κ2) is 6.15. The monoisotopic (exact) mass is 303 g/mol. The van der Waals surface area contributed by atoms with E-state index in [2.05, 4.69) is 0 Å². The number of halogens is 4. The third-order valence-electron chi connectivity index (χ3n) is 2.25. The van der Waals surface area contributed by atoms with Crippen molar-refractivity contribution in [3.63, 3.8) is 0 Å². The maximum atomic E-state index is 12.4. The Morgan fingerprint density at radius 1 is 1.39 bits per heavy atom. The SMILES string of the molecule is O=C1COc2ccc(Cl)cc2N1C[B-](F)(F)F.[K+]. The van der Waals surface area contributed by atoms with Gasteiger partial charge in [-0.1, -0.05) is 11.6 Å². The van der Waals surface area contributed by atoms with Gasteiger partial charge in [-0.25, -0.2) is 0 Å². The Morgan fingerprint density at radius 2 is 2.06 bits per heavy atom. The van der Waals surface area contributed by atoms with Crippen LogP contribution in [0.4, 0.5) is 18.6 Å². The fraction of sp³-hybridized carbons (Fsp3) is 0.222. The number of amides is 1. The minimum absolute atomic E-state index is 0. The Morgan fingerprint density at radius 3 is 2.67 bits per heavy atom. The van der Waals surface area contributed by atoms with Crippen LogP contribution in [-0.4, -0.2) is 25.9 Å². The molecule has 1 aromatic carbocycles. The normalized spacial score (nSPS) is 14.7. The van der Waals surface area contributed by atoms with Gasteiger partial charge in [-0.3, -0.25) is 4.79 Å². The van der Waals surface area contributed by atoms with Crippen molar-refractivity contribution in [3.8, 4) is 5.75 Å². The second-order valence-electron chi connectivity index (χ2n) is 3.62. The number of nitrogens with zero attached hydrogens (tertiary/aromatic N) is 1. The molecule has 0 atom stereocenters. The second-order valence-corrected chi connectivity index (χ2v) is 4.05. The Labute approximate surface area is 149 Å². The minimum Gasteiger partial charge on any atom is -0.482 e. The Hall–Kier alpha value is 0.271. The predicted molar refractivity (Wildman–Crippen MR) is 58.4 cm³/mol. The van der Waals surface area contributed by atoms with Crippen molar-refractivity contribution in [2.75, 3.05) is 18.0 Å². The third-order valence-corrected chi connectivity index (χ3v) is 2.49. The number of hydrogen-bond donors (Lipinski definition) is 0. The van der Waals surface area contributed by atoms with Crippen LogP contribution in [0.3, 0.4) is 0 Å². The molecule has 1 heterocycles. The van der Waals surface area contributed by atoms with Crippen LogP contribution >= 0.6 is 11.6 Å². The summed E-state index contributed by atoms with van der Waals surface area (Å²) in [6.45, 7) is -5.48. The molecule has 1 amide bonds. The smallest absolute Gasteiger partial charge is 0.482 e. The van der Waals surface area contributed by atoms with Crippen LogP contribution < -0.4 is 61.0 Å². The van der Waals surface area contributed by atoms with Gasteiger partial charge in [0.25, 0.3) is 5.91 Å². The number of rotatable bonds is 2. The number of hydrogen-bond acceptors (Lipinski definition) is 2. The molecule has 0 spiro atoms. The van der Waals surface area contributed by atoms with E-state index < -0.39 is 19.3 Å². The molecule has 18 heavy (non-hydrogen) atoms. The first kappa shape index (κ1) is 16.3. The molecule has 0 radical (unpaired) electrons. The van der Waals surface area contributed by atoms with Gasteiger partial charge in [0.2, 0.25) is 0 Å². The van der Waals surface area contributed by atoms with Crippen LogP contribution in [0.15, 0.2) is 18.2 Å². The van der Waals surface area contributed by atoms with Crippen LogP contribution in [0.1, 0.15) is 0 Å². The fourth-order valence-electron chi connectivity index (χ4n) is 1.58. The van der Waals surface area contributed by atoms with Crippen LogP contribution in [0.25, 0.3) is 0 Å². The number of anilines is 1. The molecular weight excluding hydrogens is 296 g/mol. The van der Waals surface area contributed by atoms with Gasteiger partial charge in [0.15, 0.2) is 6.61 Å². The van der Waals surface area contributed by atoms with E-state index in [0.29, 0.717) is 4.90 Å². The van der Waals surface area contributed by atoms with Crippen molar-refractivity contribution in [1.82, 2.24) is 0 Å². The largest absolute Gasteiger partial charge is 1.00 e. The molecule has 0 saturated heterocycles. The molecule has 0 N–H and O–H groups in total. The van der Waals surface area contributed by atoms with Crippen LogP contribution in [0.2, 0.25) is 5.02 Å². The Bertz CT molecular complexity index is 472. The van der Waals surface area contributed by atoms with Crippen molar-refractivity contribution in [2.45, 2.75) is 0 Å². The van der Waals surface area contributed by atoms with Gasteiger partial charge in [0.05, 0.1) is 5.69 Å². The maximum absolute atomic E-state index is 12.4. The predicted octanol–water partition coefficient (Wildman–Crippen LogP) is -0.544. The van der Waals surface area contributed by atoms with Gasteiger partial charge < -0.3 is 22.6 Å². The zero-order chi connectivity index (χ0) is 12.6. The van der Waals surface area contributed by atoms with Crippen molar-refractivity contribution in [2.24, 2.45) is 0 Å². The van der Waals surface area contributed by atoms with E-state index in [1.54, 1.807) is 0 Å². The summed E-state index contributed by atoms with van der Waals surface area (Å²) in [6, 6.07) is 4.23. The molecule has 0 aromatic heterocycles. The zero-order valence-corrected chi connectivity index (χ0v) is 13.4. The topological polar surface area (TPSA) is 29.5 Å². The number of ether oxygens (including phenoxy) is 1. The van der Waals surface area contributed by atoms with E-state index in [0.717, 1.165) is 0 Å². The van der Waals surface area contributed by atoms with Crippen molar-refractivity contribution >= 4 is 30.2 Å². The molecule has 0 fully saturated rings. The van der Waals surface area contributed by atoms with E-state index in [4.69, 9.17) is 16.3 Å². The Kier molecular flexibility index (Phi) is 5.58. The summed E-state index contributed by atoms with van der Waals surface area (Å²) in [7, 11) is 0. The van der Waals surface area contributed by atoms with Gasteiger partial charge in [-0.2, -0.15) is 0 Å². The first-order valence-corrected chi connectivity index (χ1v) is 5.18. The van der Waals surface area contributed by atoms with Crippen molar-refractivity contribution in [3.05, 3.63) is 23.2 Å². The minimum atomic E-state index is -5.10. The Balaban J connectivity index is 0.00000162. The standard InChI is InChI=1S/C9H7BClF3NO2.K/c11-6-1-2-8-7(3-6)15(5-10(12,13)14)9(16)4-17-8;/h1-3H,4-5H2;/q-1;+1. The van der Waals surface area contributed by atoms with Crippen LogP contribution in [0.5, 0.6) is 5.75 Å². The molecular formula is C9H7BClF3KNO2. The first-order valence-electron chi connectivity index (χ1n) is 4.80. The van der Waals surface area contributed by atoms with Crippen molar-refractivity contribution in [1.29, 1.82) is 0 Å². The molecule has 92 valence electrons. The fourth-order valence-corrected chi connectivity index (χ4v) is 1.75. The molecule has 9 heteroatoms. The molecule has 1 aliphatic heterocycles. The van der Waals surface area contributed by atoms with E-state index in [9.17, 15) is 17.7 Å². The molecule has 0 saturated carbocycles. The number of fused-ring (bicyclic) bond motifs is 1. The van der Waals surface area contributed by atoms with Gasteiger partial charge in [0, 0.05) is 5.02 Å². The first-order chi connectivity index (χ1) is 7.87. The summed E-state index contributed by atoms with van der Waals surface area (Å²) in [5, 5.41) is 0.252. The van der Waals surface area contributed by atoms with Crippen molar-refractivity contribution < 1.29 is 73.9 Å². The van der Waals surface area contributed by atoms with Crippen LogP contribution in [0, 0.1) is 0 Å². The molecule has 1 aliphatic rings. The van der Waals surface area contributed by atoms with E-state index >= 15 is 0 Å². The summed E-state index contributed by atoms with van der Waals surface area (Å²) in [4.78, 5) is 12.1. The molecule has 3 nitrogen and oxygen atoms in total. The summed E-state index contributed by atoms with van der Waals surface area (Å²) >= 11 is 5.69.